The van der Waals surface area contributed by atoms with Gasteiger partial charge in [0.05, 0.1) is 13.1 Å². The van der Waals surface area contributed by atoms with Crippen LogP contribution in [0.5, 0.6) is 0 Å². The van der Waals surface area contributed by atoms with Crippen LogP contribution in [0.15, 0.2) is 63.7 Å². The molecule has 2 aromatic rings. The zero-order chi connectivity index (χ0) is 16.1. The van der Waals surface area contributed by atoms with E-state index in [-0.39, 0.29) is 0 Å². The second-order valence-corrected chi connectivity index (χ2v) is 6.33. The molecule has 2 atom stereocenters. The molecule has 0 saturated heterocycles. The largest absolute Gasteiger partial charge is 0.295 e. The highest BCUT2D eigenvalue weighted by Crippen LogP contribution is 2.48. The minimum atomic E-state index is 0.461. The van der Waals surface area contributed by atoms with Gasteiger partial charge in [-0.05, 0) is 48.2 Å². The summed E-state index contributed by atoms with van der Waals surface area (Å²) in [5.41, 5.74) is 3.62. The Hall–Kier alpha value is -1.98. The van der Waals surface area contributed by atoms with Gasteiger partial charge in [0, 0.05) is 17.8 Å². The van der Waals surface area contributed by atoms with E-state index in [1.807, 2.05) is 30.5 Å². The predicted octanol–water partition coefficient (Wildman–Crippen LogP) is 3.49. The molecule has 5 heteroatoms. The Labute approximate surface area is 141 Å². The van der Waals surface area contributed by atoms with Crippen molar-refractivity contribution < 1.29 is 0 Å². The summed E-state index contributed by atoms with van der Waals surface area (Å²) >= 11 is 1.17. The van der Waals surface area contributed by atoms with E-state index in [4.69, 9.17) is 10.1 Å². The lowest BCUT2D eigenvalue weighted by Gasteiger charge is -2.05. The first-order valence-corrected chi connectivity index (χ1v) is 8.52. The predicted molar refractivity (Wildman–Crippen MR) is 97.1 cm³/mol. The summed E-state index contributed by atoms with van der Waals surface area (Å²) in [4.78, 5) is 13.2. The van der Waals surface area contributed by atoms with Crippen LogP contribution in [0.1, 0.15) is 23.5 Å². The first kappa shape index (κ1) is 15.9. The molecular formula is C18H20N4S. The number of hydrogen-bond acceptors (Lipinski definition) is 5. The van der Waals surface area contributed by atoms with E-state index >= 15 is 0 Å². The molecule has 1 heterocycles. The fourth-order valence-corrected chi connectivity index (χ4v) is 3.05. The first-order valence-electron chi connectivity index (χ1n) is 7.64. The van der Waals surface area contributed by atoms with E-state index in [1.54, 1.807) is 0 Å². The number of aliphatic imine (C=N–C) groups is 2. The van der Waals surface area contributed by atoms with Crippen LogP contribution in [0.25, 0.3) is 0 Å². The highest BCUT2D eigenvalue weighted by Gasteiger charge is 2.41. The molecule has 3 rings (SSSR count). The number of nitrogens with zero attached hydrogens (tertiary/aromatic N) is 3. The average Bonchev–Trinajstić information content (AvgIpc) is 3.40. The number of hydrogen-bond donors (Lipinski definition) is 1. The number of nitrogens with two attached hydrogens (primary N) is 1. The van der Waals surface area contributed by atoms with Gasteiger partial charge in [0.15, 0.2) is 0 Å². The number of benzene rings is 1. The van der Waals surface area contributed by atoms with Gasteiger partial charge in [-0.3, -0.25) is 15.1 Å². The molecule has 4 nitrogen and oxygen atoms in total. The Morgan fingerprint density at radius 1 is 1.26 bits per heavy atom. The van der Waals surface area contributed by atoms with Crippen molar-refractivity contribution in [3.05, 3.63) is 59.8 Å². The Morgan fingerprint density at radius 3 is 2.74 bits per heavy atom. The van der Waals surface area contributed by atoms with Gasteiger partial charge in [0.2, 0.25) is 0 Å². The minimum Gasteiger partial charge on any atom is -0.295 e. The molecule has 0 radical (unpaired) electrons. The molecule has 0 aliphatic heterocycles. The van der Waals surface area contributed by atoms with Gasteiger partial charge in [-0.1, -0.05) is 36.4 Å². The monoisotopic (exact) mass is 324 g/mol. The molecule has 1 saturated carbocycles. The van der Waals surface area contributed by atoms with Crippen molar-refractivity contribution in [2.75, 3.05) is 6.54 Å². The van der Waals surface area contributed by atoms with E-state index in [2.05, 4.69) is 34.9 Å². The molecule has 0 spiro atoms. The van der Waals surface area contributed by atoms with E-state index < -0.39 is 0 Å². The average molecular weight is 324 g/mol. The van der Waals surface area contributed by atoms with Gasteiger partial charge in [-0.25, -0.2) is 4.98 Å². The zero-order valence-electron chi connectivity index (χ0n) is 12.9. The number of pyridine rings is 1. The van der Waals surface area contributed by atoms with Crippen molar-refractivity contribution in [2.24, 2.45) is 21.0 Å². The van der Waals surface area contributed by atoms with Crippen LogP contribution in [0.4, 0.5) is 0 Å². The molecule has 1 aromatic heterocycles. The third-order valence-electron chi connectivity index (χ3n) is 4.11. The Balaban J connectivity index is 1.68. The van der Waals surface area contributed by atoms with Gasteiger partial charge >= 0.3 is 0 Å². The molecule has 2 unspecified atom stereocenters. The van der Waals surface area contributed by atoms with Crippen LogP contribution in [-0.2, 0) is 6.54 Å². The molecular weight excluding hydrogens is 304 g/mol. The number of rotatable bonds is 7. The highest BCUT2D eigenvalue weighted by atomic mass is 32.2. The molecule has 118 valence electrons. The third kappa shape index (κ3) is 4.06. The van der Waals surface area contributed by atoms with Crippen LogP contribution in [0.3, 0.4) is 0 Å². The second kappa shape index (κ2) is 7.53. The summed E-state index contributed by atoms with van der Waals surface area (Å²) in [6.07, 6.45) is 3.04. The fourth-order valence-electron chi connectivity index (χ4n) is 2.79. The highest BCUT2D eigenvalue weighted by molar-refractivity contribution is 7.97. The third-order valence-corrected chi connectivity index (χ3v) is 4.59. The quantitative estimate of drug-likeness (QED) is 0.626. The van der Waals surface area contributed by atoms with E-state index in [9.17, 15) is 0 Å². The van der Waals surface area contributed by atoms with Crippen LogP contribution >= 0.6 is 11.9 Å². The van der Waals surface area contributed by atoms with Crippen molar-refractivity contribution in [1.29, 1.82) is 0 Å². The Bertz CT molecular complexity index is 682. The smallest absolute Gasteiger partial charge is 0.111 e. The molecule has 1 aromatic carbocycles. The maximum Gasteiger partial charge on any atom is 0.111 e. The van der Waals surface area contributed by atoms with E-state index in [0.29, 0.717) is 24.9 Å². The van der Waals surface area contributed by atoms with Gasteiger partial charge in [-0.15, -0.1) is 0 Å². The lowest BCUT2D eigenvalue weighted by Crippen LogP contribution is -2.08. The van der Waals surface area contributed by atoms with Crippen molar-refractivity contribution >= 4 is 24.4 Å². The topological polar surface area (TPSA) is 63.6 Å². The Morgan fingerprint density at radius 2 is 2.09 bits per heavy atom. The van der Waals surface area contributed by atoms with Gasteiger partial charge in [0.25, 0.3) is 0 Å². The van der Waals surface area contributed by atoms with E-state index in [1.165, 1.54) is 23.1 Å². The summed E-state index contributed by atoms with van der Waals surface area (Å²) < 4.78 is 0. The minimum absolute atomic E-state index is 0.461. The lowest BCUT2D eigenvalue weighted by atomic mass is 10.1. The second-order valence-electron chi connectivity index (χ2n) is 5.67. The molecule has 2 N–H and O–H groups in total. The van der Waals surface area contributed by atoms with E-state index in [0.717, 1.165) is 17.2 Å². The normalized spacial score (nSPS) is 20.3. The van der Waals surface area contributed by atoms with Gasteiger partial charge in [0.1, 0.15) is 5.03 Å². The first-order chi connectivity index (χ1) is 11.3. The van der Waals surface area contributed by atoms with Crippen LogP contribution in [-0.4, -0.2) is 24.0 Å². The summed E-state index contributed by atoms with van der Waals surface area (Å²) in [5, 5.41) is 6.36. The molecule has 0 amide bonds. The molecule has 23 heavy (non-hydrogen) atoms. The summed E-state index contributed by atoms with van der Waals surface area (Å²) in [6.45, 7) is 4.94. The maximum absolute atomic E-state index is 5.52. The van der Waals surface area contributed by atoms with Crippen molar-refractivity contribution in [2.45, 2.75) is 23.9 Å². The summed E-state index contributed by atoms with van der Waals surface area (Å²) in [6, 6.07) is 14.4. The van der Waals surface area contributed by atoms with Crippen molar-refractivity contribution in [3.63, 3.8) is 0 Å². The standard InChI is InChI=1S/C18H20N4S/c1-20-12-17(21-10-13-5-3-2-4-6-13)16-9-15(16)14-7-8-18(23-19)22-11-14/h2-8,11,15-16H,1,9-10,12,19H2. The summed E-state index contributed by atoms with van der Waals surface area (Å²) in [7, 11) is 0. The van der Waals surface area contributed by atoms with Crippen LogP contribution in [0.2, 0.25) is 0 Å². The summed E-state index contributed by atoms with van der Waals surface area (Å²) in [5.74, 6) is 0.956. The molecule has 1 fully saturated rings. The Kier molecular flexibility index (Phi) is 5.20. The zero-order valence-corrected chi connectivity index (χ0v) is 13.7. The number of aromatic nitrogens is 1. The van der Waals surface area contributed by atoms with Crippen LogP contribution in [0, 0.1) is 5.92 Å². The maximum atomic E-state index is 5.52. The van der Waals surface area contributed by atoms with Gasteiger partial charge in [-0.2, -0.15) is 0 Å². The van der Waals surface area contributed by atoms with Crippen molar-refractivity contribution in [1.82, 2.24) is 4.98 Å². The SMILES string of the molecule is C=NCC(=NCc1ccccc1)C1CC1c1ccc(SN)nc1. The van der Waals surface area contributed by atoms with Crippen LogP contribution < -0.4 is 5.14 Å². The van der Waals surface area contributed by atoms with Gasteiger partial charge < -0.3 is 0 Å². The molecule has 1 aliphatic carbocycles. The van der Waals surface area contributed by atoms with Crippen molar-refractivity contribution in [3.8, 4) is 0 Å². The fraction of sp³-hybridized carbons (Fsp3) is 0.278. The lowest BCUT2D eigenvalue weighted by molar-refractivity contribution is 0.960. The molecule has 0 bridgehead atoms. The molecule has 1 aliphatic rings.